The SMILES string of the molecule is Cc1ccc(SCCN(C)c2c(N)n(Cc3ccccc3)c(=O)[nH]c2=O)cc1C. The molecule has 3 aromatic rings. The molecule has 0 amide bonds. The van der Waals surface area contributed by atoms with Gasteiger partial charge in [0.25, 0.3) is 5.56 Å². The molecule has 0 aliphatic heterocycles. The Kier molecular flexibility index (Phi) is 6.49. The third-order valence-electron chi connectivity index (χ3n) is 4.95. The summed E-state index contributed by atoms with van der Waals surface area (Å²) in [4.78, 5) is 30.1. The molecule has 0 unspecified atom stereocenters. The van der Waals surface area contributed by atoms with E-state index in [0.29, 0.717) is 18.8 Å². The molecule has 0 saturated heterocycles. The smallest absolute Gasteiger partial charge is 0.330 e. The summed E-state index contributed by atoms with van der Waals surface area (Å²) in [5, 5.41) is 0. The van der Waals surface area contributed by atoms with Crippen LogP contribution in [0, 0.1) is 13.8 Å². The molecule has 0 aliphatic carbocycles. The minimum Gasteiger partial charge on any atom is -0.383 e. The maximum Gasteiger partial charge on any atom is 0.330 e. The van der Waals surface area contributed by atoms with Gasteiger partial charge in [0.15, 0.2) is 0 Å². The van der Waals surface area contributed by atoms with Crippen molar-refractivity contribution in [2.45, 2.75) is 25.3 Å². The van der Waals surface area contributed by atoms with E-state index in [1.807, 2.05) is 42.3 Å². The lowest BCUT2D eigenvalue weighted by molar-refractivity contribution is 0.727. The van der Waals surface area contributed by atoms with Gasteiger partial charge in [0.05, 0.1) is 6.54 Å². The monoisotopic (exact) mass is 410 g/mol. The zero-order valence-corrected chi connectivity index (χ0v) is 17.8. The molecular weight excluding hydrogens is 384 g/mol. The first-order valence-corrected chi connectivity index (χ1v) is 10.4. The maximum atomic E-state index is 12.4. The lowest BCUT2D eigenvalue weighted by atomic mass is 10.1. The van der Waals surface area contributed by atoms with E-state index >= 15 is 0 Å². The molecule has 6 nitrogen and oxygen atoms in total. The Labute approximate surface area is 174 Å². The van der Waals surface area contributed by atoms with E-state index in [0.717, 1.165) is 11.3 Å². The number of nitrogens with zero attached hydrogens (tertiary/aromatic N) is 2. The summed E-state index contributed by atoms with van der Waals surface area (Å²) in [5.41, 5.74) is 9.07. The Morgan fingerprint density at radius 1 is 1.07 bits per heavy atom. The van der Waals surface area contributed by atoms with E-state index in [-0.39, 0.29) is 5.82 Å². The molecule has 0 aliphatic rings. The normalized spacial score (nSPS) is 10.9. The molecule has 0 fully saturated rings. The minimum absolute atomic E-state index is 0.182. The Bertz CT molecular complexity index is 1110. The van der Waals surface area contributed by atoms with Gasteiger partial charge in [-0.1, -0.05) is 36.4 Å². The zero-order chi connectivity index (χ0) is 21.0. The highest BCUT2D eigenvalue weighted by atomic mass is 32.2. The van der Waals surface area contributed by atoms with E-state index in [1.165, 1.54) is 20.6 Å². The number of nitrogens with one attached hydrogen (secondary N) is 1. The Morgan fingerprint density at radius 2 is 1.79 bits per heavy atom. The molecule has 1 heterocycles. The second-order valence-corrected chi connectivity index (χ2v) is 8.25. The first kappa shape index (κ1) is 20.8. The van der Waals surface area contributed by atoms with Crippen molar-refractivity contribution in [2.24, 2.45) is 0 Å². The van der Waals surface area contributed by atoms with Crippen molar-refractivity contribution in [1.29, 1.82) is 0 Å². The van der Waals surface area contributed by atoms with Crippen molar-refractivity contribution in [3.05, 3.63) is 86.1 Å². The second-order valence-electron chi connectivity index (χ2n) is 7.08. The minimum atomic E-state index is -0.502. The van der Waals surface area contributed by atoms with Crippen molar-refractivity contribution in [3.8, 4) is 0 Å². The van der Waals surface area contributed by atoms with Crippen molar-refractivity contribution >= 4 is 23.3 Å². The van der Waals surface area contributed by atoms with Crippen LogP contribution in [0.5, 0.6) is 0 Å². The van der Waals surface area contributed by atoms with Crippen molar-refractivity contribution in [3.63, 3.8) is 0 Å². The third kappa shape index (κ3) is 4.92. The van der Waals surface area contributed by atoms with Crippen LogP contribution >= 0.6 is 11.8 Å². The fourth-order valence-corrected chi connectivity index (χ4v) is 4.11. The number of thioether (sulfide) groups is 1. The summed E-state index contributed by atoms with van der Waals surface area (Å²) in [6, 6.07) is 15.9. The average molecular weight is 411 g/mol. The molecule has 3 rings (SSSR count). The number of aryl methyl sites for hydroxylation is 2. The first-order chi connectivity index (χ1) is 13.9. The van der Waals surface area contributed by atoms with Gasteiger partial charge in [-0.3, -0.25) is 14.3 Å². The number of nitrogen functional groups attached to an aromatic ring is 1. The molecular formula is C22H26N4O2S. The highest BCUT2D eigenvalue weighted by molar-refractivity contribution is 7.99. The topological polar surface area (TPSA) is 84.1 Å². The van der Waals surface area contributed by atoms with E-state index in [9.17, 15) is 9.59 Å². The molecule has 0 spiro atoms. The van der Waals surface area contributed by atoms with Gasteiger partial charge in [-0.15, -0.1) is 11.8 Å². The van der Waals surface area contributed by atoms with Crippen LogP contribution in [0.4, 0.5) is 11.5 Å². The van der Waals surface area contributed by atoms with Crippen molar-refractivity contribution in [2.75, 3.05) is 30.0 Å². The van der Waals surface area contributed by atoms with Gasteiger partial charge in [0.2, 0.25) is 0 Å². The van der Waals surface area contributed by atoms with E-state index in [1.54, 1.807) is 11.8 Å². The predicted molar refractivity (Wildman–Crippen MR) is 121 cm³/mol. The van der Waals surface area contributed by atoms with E-state index < -0.39 is 11.2 Å². The van der Waals surface area contributed by atoms with Gasteiger partial charge in [0, 0.05) is 24.2 Å². The van der Waals surface area contributed by atoms with Gasteiger partial charge in [-0.05, 0) is 42.7 Å². The van der Waals surface area contributed by atoms with Gasteiger partial charge in [0.1, 0.15) is 11.5 Å². The summed E-state index contributed by atoms with van der Waals surface area (Å²) in [6.07, 6.45) is 0. The molecule has 1 aromatic heterocycles. The second kappa shape index (κ2) is 9.05. The predicted octanol–water partition coefficient (Wildman–Crippen LogP) is 3.01. The van der Waals surface area contributed by atoms with Crippen LogP contribution in [-0.2, 0) is 6.54 Å². The largest absolute Gasteiger partial charge is 0.383 e. The molecule has 152 valence electrons. The fraction of sp³-hybridized carbons (Fsp3) is 0.273. The van der Waals surface area contributed by atoms with Crippen LogP contribution in [0.1, 0.15) is 16.7 Å². The Morgan fingerprint density at radius 3 is 2.48 bits per heavy atom. The number of H-pyrrole nitrogens is 1. The summed E-state index contributed by atoms with van der Waals surface area (Å²) < 4.78 is 1.40. The molecule has 0 bridgehead atoms. The lowest BCUT2D eigenvalue weighted by Gasteiger charge is -2.21. The number of hydrogen-bond acceptors (Lipinski definition) is 5. The first-order valence-electron chi connectivity index (χ1n) is 9.44. The molecule has 0 saturated carbocycles. The molecule has 2 aromatic carbocycles. The highest BCUT2D eigenvalue weighted by Crippen LogP contribution is 2.22. The van der Waals surface area contributed by atoms with Gasteiger partial charge in [-0.25, -0.2) is 4.79 Å². The van der Waals surface area contributed by atoms with Crippen LogP contribution in [-0.4, -0.2) is 28.9 Å². The average Bonchev–Trinajstić information content (AvgIpc) is 2.68. The van der Waals surface area contributed by atoms with Gasteiger partial charge < -0.3 is 10.6 Å². The number of benzene rings is 2. The number of anilines is 2. The summed E-state index contributed by atoms with van der Waals surface area (Å²) in [5.74, 6) is 0.969. The van der Waals surface area contributed by atoms with E-state index in [2.05, 4.69) is 37.0 Å². The van der Waals surface area contributed by atoms with Gasteiger partial charge in [-0.2, -0.15) is 0 Å². The highest BCUT2D eigenvalue weighted by Gasteiger charge is 2.16. The number of nitrogens with two attached hydrogens (primary N) is 1. The van der Waals surface area contributed by atoms with Crippen LogP contribution in [0.3, 0.4) is 0 Å². The molecule has 0 atom stereocenters. The lowest BCUT2D eigenvalue weighted by Crippen LogP contribution is -2.37. The van der Waals surface area contributed by atoms with Crippen LogP contribution in [0.2, 0.25) is 0 Å². The van der Waals surface area contributed by atoms with Crippen molar-refractivity contribution < 1.29 is 0 Å². The zero-order valence-electron chi connectivity index (χ0n) is 16.9. The molecule has 7 heteroatoms. The van der Waals surface area contributed by atoms with E-state index in [4.69, 9.17) is 5.73 Å². The number of rotatable bonds is 7. The van der Waals surface area contributed by atoms with Crippen LogP contribution < -0.4 is 21.9 Å². The number of hydrogen-bond donors (Lipinski definition) is 2. The molecule has 29 heavy (non-hydrogen) atoms. The quantitative estimate of drug-likeness (QED) is 0.585. The maximum absolute atomic E-state index is 12.4. The molecule has 3 N–H and O–H groups in total. The van der Waals surface area contributed by atoms with Crippen LogP contribution in [0.25, 0.3) is 0 Å². The third-order valence-corrected chi connectivity index (χ3v) is 5.93. The summed E-state index contributed by atoms with van der Waals surface area (Å²) in [6.45, 7) is 5.12. The number of aromatic amines is 1. The molecule has 0 radical (unpaired) electrons. The fourth-order valence-electron chi connectivity index (χ4n) is 3.09. The van der Waals surface area contributed by atoms with Crippen LogP contribution in [0.15, 0.2) is 63.0 Å². The number of aromatic nitrogens is 2. The summed E-state index contributed by atoms with van der Waals surface area (Å²) in [7, 11) is 1.82. The van der Waals surface area contributed by atoms with Crippen molar-refractivity contribution in [1.82, 2.24) is 9.55 Å². The standard InChI is InChI=1S/C22H26N4O2S/c1-15-9-10-18(13-16(15)2)29-12-11-25(3)19-20(23)26(22(28)24-21(19)27)14-17-7-5-4-6-8-17/h4-10,13H,11-12,14,23H2,1-3H3,(H,24,27,28). The Balaban J connectivity index is 1.76. The summed E-state index contributed by atoms with van der Waals surface area (Å²) >= 11 is 1.72. The van der Waals surface area contributed by atoms with Gasteiger partial charge >= 0.3 is 5.69 Å². The Hall–Kier alpha value is -2.93.